The van der Waals surface area contributed by atoms with E-state index in [1.165, 1.54) is 32.1 Å². The van der Waals surface area contributed by atoms with Crippen LogP contribution in [0.25, 0.3) is 0 Å². The van der Waals surface area contributed by atoms with E-state index in [0.29, 0.717) is 6.42 Å². The standard InChI is InChI=1S/C12H18N2/c13-11-9-7-5-3-1-2-4-6-8-10-12-14/h7,9H,1-6,8,10H2. The normalized spacial score (nSPS) is 9.86. The number of hydrogen-bond acceptors (Lipinski definition) is 2. The van der Waals surface area contributed by atoms with Crippen molar-refractivity contribution in [1.82, 2.24) is 0 Å². The van der Waals surface area contributed by atoms with Gasteiger partial charge in [0, 0.05) is 12.5 Å². The zero-order chi connectivity index (χ0) is 10.5. The molecule has 14 heavy (non-hydrogen) atoms. The Balaban J connectivity index is 2.97. The summed E-state index contributed by atoms with van der Waals surface area (Å²) in [4.78, 5) is 0. The molecule has 0 atom stereocenters. The Hall–Kier alpha value is -1.28. The van der Waals surface area contributed by atoms with Gasteiger partial charge in [-0.15, -0.1) is 0 Å². The second-order valence-electron chi connectivity index (χ2n) is 3.35. The highest BCUT2D eigenvalue weighted by molar-refractivity contribution is 5.01. The molecule has 76 valence electrons. The third-order valence-electron chi connectivity index (χ3n) is 2.10. The summed E-state index contributed by atoms with van der Waals surface area (Å²) in [5.41, 5.74) is 0. The van der Waals surface area contributed by atoms with Gasteiger partial charge in [-0.25, -0.2) is 0 Å². The molecule has 0 rings (SSSR count). The van der Waals surface area contributed by atoms with Gasteiger partial charge in [-0.1, -0.05) is 31.8 Å². The largest absolute Gasteiger partial charge is 0.198 e. The van der Waals surface area contributed by atoms with Crippen LogP contribution in [0.1, 0.15) is 51.4 Å². The molecule has 0 bridgehead atoms. The fourth-order valence-corrected chi connectivity index (χ4v) is 1.31. The Labute approximate surface area is 86.8 Å². The molecule has 0 spiro atoms. The van der Waals surface area contributed by atoms with Crippen molar-refractivity contribution in [3.05, 3.63) is 12.2 Å². The third-order valence-corrected chi connectivity index (χ3v) is 2.10. The van der Waals surface area contributed by atoms with Gasteiger partial charge in [0.05, 0.1) is 12.1 Å². The first-order chi connectivity index (χ1) is 6.91. The van der Waals surface area contributed by atoms with Gasteiger partial charge in [-0.05, 0) is 19.3 Å². The van der Waals surface area contributed by atoms with Gasteiger partial charge < -0.3 is 0 Å². The van der Waals surface area contributed by atoms with Crippen molar-refractivity contribution in [2.75, 3.05) is 0 Å². The van der Waals surface area contributed by atoms with Crippen LogP contribution in [0, 0.1) is 22.7 Å². The lowest BCUT2D eigenvalue weighted by Gasteiger charge is -1.97. The van der Waals surface area contributed by atoms with Gasteiger partial charge in [0.2, 0.25) is 0 Å². The highest BCUT2D eigenvalue weighted by Crippen LogP contribution is 2.08. The molecule has 0 N–H and O–H groups in total. The van der Waals surface area contributed by atoms with E-state index in [0.717, 1.165) is 12.8 Å². The highest BCUT2D eigenvalue weighted by atomic mass is 14.2. The molecule has 0 aromatic heterocycles. The molecule has 0 aromatic rings. The Morgan fingerprint density at radius 3 is 2.14 bits per heavy atom. The van der Waals surface area contributed by atoms with Crippen LogP contribution >= 0.6 is 0 Å². The molecule has 0 radical (unpaired) electrons. The van der Waals surface area contributed by atoms with E-state index in [2.05, 4.69) is 6.07 Å². The van der Waals surface area contributed by atoms with Crippen LogP contribution in [0.4, 0.5) is 0 Å². The van der Waals surface area contributed by atoms with Crippen LogP contribution in [0.15, 0.2) is 12.2 Å². The van der Waals surface area contributed by atoms with Crippen LogP contribution in [0.3, 0.4) is 0 Å². The molecule has 0 amide bonds. The quantitative estimate of drug-likeness (QED) is 0.432. The monoisotopic (exact) mass is 190 g/mol. The average molecular weight is 190 g/mol. The first-order valence-electron chi connectivity index (χ1n) is 5.33. The zero-order valence-electron chi connectivity index (χ0n) is 8.71. The molecule has 0 aliphatic carbocycles. The maximum absolute atomic E-state index is 8.31. The molecular weight excluding hydrogens is 172 g/mol. The minimum absolute atomic E-state index is 0.699. The van der Waals surface area contributed by atoms with E-state index in [1.807, 2.05) is 12.1 Å². The Morgan fingerprint density at radius 2 is 1.50 bits per heavy atom. The molecule has 0 saturated carbocycles. The molecule has 0 aromatic carbocycles. The van der Waals surface area contributed by atoms with E-state index in [1.54, 1.807) is 6.08 Å². The fourth-order valence-electron chi connectivity index (χ4n) is 1.31. The lowest BCUT2D eigenvalue weighted by Crippen LogP contribution is -1.79. The van der Waals surface area contributed by atoms with Crippen molar-refractivity contribution in [3.63, 3.8) is 0 Å². The number of allylic oxidation sites excluding steroid dienone is 2. The molecule has 0 aliphatic heterocycles. The van der Waals surface area contributed by atoms with Crippen LogP contribution in [-0.4, -0.2) is 0 Å². The maximum Gasteiger partial charge on any atom is 0.0908 e. The summed E-state index contributed by atoms with van der Waals surface area (Å²) in [7, 11) is 0. The summed E-state index contributed by atoms with van der Waals surface area (Å²) in [6, 6.07) is 4.13. The smallest absolute Gasteiger partial charge is 0.0908 e. The lowest BCUT2D eigenvalue weighted by atomic mass is 10.1. The summed E-state index contributed by atoms with van der Waals surface area (Å²) in [6.07, 6.45) is 12.3. The first kappa shape index (κ1) is 12.7. The predicted octanol–water partition coefficient (Wildman–Crippen LogP) is 3.71. The summed E-state index contributed by atoms with van der Waals surface area (Å²) in [5, 5.41) is 16.5. The van der Waals surface area contributed by atoms with Crippen molar-refractivity contribution in [3.8, 4) is 12.1 Å². The van der Waals surface area contributed by atoms with Gasteiger partial charge >= 0.3 is 0 Å². The predicted molar refractivity (Wildman–Crippen MR) is 57.3 cm³/mol. The van der Waals surface area contributed by atoms with Crippen molar-refractivity contribution < 1.29 is 0 Å². The van der Waals surface area contributed by atoms with Crippen molar-refractivity contribution in [1.29, 1.82) is 10.5 Å². The Morgan fingerprint density at radius 1 is 0.857 bits per heavy atom. The minimum atomic E-state index is 0.699. The van der Waals surface area contributed by atoms with E-state index in [9.17, 15) is 0 Å². The van der Waals surface area contributed by atoms with Crippen LogP contribution in [0.5, 0.6) is 0 Å². The van der Waals surface area contributed by atoms with E-state index >= 15 is 0 Å². The summed E-state index contributed by atoms with van der Waals surface area (Å²) in [5.74, 6) is 0. The molecule has 0 aliphatic rings. The zero-order valence-corrected chi connectivity index (χ0v) is 8.71. The summed E-state index contributed by atoms with van der Waals surface area (Å²) < 4.78 is 0. The molecule has 0 fully saturated rings. The Bertz CT molecular complexity index is 217. The van der Waals surface area contributed by atoms with Gasteiger partial charge in [-0.2, -0.15) is 10.5 Å². The number of nitrogens with zero attached hydrogens (tertiary/aromatic N) is 2. The van der Waals surface area contributed by atoms with E-state index in [-0.39, 0.29) is 0 Å². The molecule has 0 heterocycles. The van der Waals surface area contributed by atoms with E-state index < -0.39 is 0 Å². The average Bonchev–Trinajstić information content (AvgIpc) is 2.21. The number of nitriles is 2. The fraction of sp³-hybridized carbons (Fsp3) is 0.667. The number of rotatable bonds is 8. The number of hydrogen-bond donors (Lipinski definition) is 0. The molecule has 2 heteroatoms. The molecule has 0 unspecified atom stereocenters. The van der Waals surface area contributed by atoms with Crippen LogP contribution in [0.2, 0.25) is 0 Å². The maximum atomic E-state index is 8.31. The summed E-state index contributed by atoms with van der Waals surface area (Å²) >= 11 is 0. The van der Waals surface area contributed by atoms with Crippen molar-refractivity contribution in [2.24, 2.45) is 0 Å². The van der Waals surface area contributed by atoms with Crippen LogP contribution < -0.4 is 0 Å². The lowest BCUT2D eigenvalue weighted by molar-refractivity contribution is 0.601. The number of unbranched alkanes of at least 4 members (excludes halogenated alkanes) is 7. The molecule has 2 nitrogen and oxygen atoms in total. The third kappa shape index (κ3) is 10.7. The molecule has 0 saturated heterocycles. The van der Waals surface area contributed by atoms with Crippen molar-refractivity contribution in [2.45, 2.75) is 51.4 Å². The van der Waals surface area contributed by atoms with Crippen LogP contribution in [-0.2, 0) is 0 Å². The van der Waals surface area contributed by atoms with Gasteiger partial charge in [0.15, 0.2) is 0 Å². The second-order valence-corrected chi connectivity index (χ2v) is 3.35. The highest BCUT2D eigenvalue weighted by Gasteiger charge is 1.89. The summed E-state index contributed by atoms with van der Waals surface area (Å²) in [6.45, 7) is 0. The minimum Gasteiger partial charge on any atom is -0.198 e. The van der Waals surface area contributed by atoms with Gasteiger partial charge in [0.25, 0.3) is 0 Å². The van der Waals surface area contributed by atoms with Gasteiger partial charge in [0.1, 0.15) is 0 Å². The van der Waals surface area contributed by atoms with Gasteiger partial charge in [-0.3, -0.25) is 0 Å². The topological polar surface area (TPSA) is 47.6 Å². The SMILES string of the molecule is N#CC=CCCCCCCCCC#N. The second kappa shape index (κ2) is 11.7. The van der Waals surface area contributed by atoms with Crippen molar-refractivity contribution >= 4 is 0 Å². The molecular formula is C12H18N2. The van der Waals surface area contributed by atoms with E-state index in [4.69, 9.17) is 10.5 Å². The first-order valence-corrected chi connectivity index (χ1v) is 5.33. The Kier molecular flexibility index (Phi) is 10.6.